The van der Waals surface area contributed by atoms with Crippen molar-refractivity contribution in [3.63, 3.8) is 0 Å². The molecule has 0 radical (unpaired) electrons. The Kier molecular flexibility index (Phi) is 7.86. The highest BCUT2D eigenvalue weighted by Gasteiger charge is 2.12. The standard InChI is InChI=1S/C18H32N2/c1-15(2)18(11-12-19)6-5-13-20(4)14-17-9-7-16(3)8-10-17/h7-10,15,18H,5-6,11-14,19H2,1-4H3. The van der Waals surface area contributed by atoms with Crippen molar-refractivity contribution >= 4 is 0 Å². The molecule has 0 saturated carbocycles. The number of nitrogens with two attached hydrogens (primary N) is 1. The van der Waals surface area contributed by atoms with E-state index >= 15 is 0 Å². The molecule has 2 N–H and O–H groups in total. The van der Waals surface area contributed by atoms with Crippen molar-refractivity contribution in [2.45, 2.75) is 46.6 Å². The third-order valence-electron chi connectivity index (χ3n) is 4.17. The van der Waals surface area contributed by atoms with E-state index in [1.165, 1.54) is 36.9 Å². The minimum Gasteiger partial charge on any atom is -0.330 e. The quantitative estimate of drug-likeness (QED) is 0.743. The summed E-state index contributed by atoms with van der Waals surface area (Å²) in [4.78, 5) is 2.42. The molecule has 2 nitrogen and oxygen atoms in total. The smallest absolute Gasteiger partial charge is 0.0230 e. The van der Waals surface area contributed by atoms with Crippen molar-refractivity contribution in [2.24, 2.45) is 17.6 Å². The Labute approximate surface area is 125 Å². The lowest BCUT2D eigenvalue weighted by Gasteiger charge is -2.22. The van der Waals surface area contributed by atoms with E-state index in [2.05, 4.69) is 57.0 Å². The van der Waals surface area contributed by atoms with Gasteiger partial charge in [-0.05, 0) is 63.7 Å². The first kappa shape index (κ1) is 17.2. The molecule has 2 heteroatoms. The molecule has 1 aromatic carbocycles. The predicted molar refractivity (Wildman–Crippen MR) is 88.7 cm³/mol. The Bertz CT molecular complexity index is 356. The van der Waals surface area contributed by atoms with Crippen LogP contribution in [0.1, 0.15) is 44.2 Å². The second-order valence-corrected chi connectivity index (χ2v) is 6.45. The first-order valence-corrected chi connectivity index (χ1v) is 7.97. The third kappa shape index (κ3) is 6.53. The molecule has 0 bridgehead atoms. The minimum absolute atomic E-state index is 0.751. The SMILES string of the molecule is Cc1ccc(CN(C)CCCC(CCN)C(C)C)cc1. The lowest BCUT2D eigenvalue weighted by atomic mass is 9.88. The Balaban J connectivity index is 2.28. The summed E-state index contributed by atoms with van der Waals surface area (Å²) in [6.45, 7) is 9.80. The van der Waals surface area contributed by atoms with Gasteiger partial charge in [0.25, 0.3) is 0 Å². The van der Waals surface area contributed by atoms with E-state index in [0.717, 1.165) is 24.9 Å². The van der Waals surface area contributed by atoms with Gasteiger partial charge in [-0.2, -0.15) is 0 Å². The summed E-state index contributed by atoms with van der Waals surface area (Å²) >= 11 is 0. The van der Waals surface area contributed by atoms with Crippen LogP contribution in [-0.2, 0) is 6.54 Å². The minimum atomic E-state index is 0.751. The zero-order valence-electron chi connectivity index (χ0n) is 13.7. The predicted octanol–water partition coefficient (Wildman–Crippen LogP) is 3.83. The molecule has 1 atom stereocenters. The molecule has 0 saturated heterocycles. The van der Waals surface area contributed by atoms with E-state index in [0.29, 0.717) is 0 Å². The van der Waals surface area contributed by atoms with Gasteiger partial charge in [0, 0.05) is 6.54 Å². The number of aryl methyl sites for hydroxylation is 1. The van der Waals surface area contributed by atoms with Crippen LogP contribution >= 0.6 is 0 Å². The van der Waals surface area contributed by atoms with Crippen molar-refractivity contribution in [3.05, 3.63) is 35.4 Å². The fourth-order valence-corrected chi connectivity index (χ4v) is 2.73. The van der Waals surface area contributed by atoms with Gasteiger partial charge >= 0.3 is 0 Å². The highest BCUT2D eigenvalue weighted by molar-refractivity contribution is 5.21. The van der Waals surface area contributed by atoms with E-state index in [9.17, 15) is 0 Å². The summed E-state index contributed by atoms with van der Waals surface area (Å²) in [5.74, 6) is 1.54. The lowest BCUT2D eigenvalue weighted by Crippen LogP contribution is -2.21. The molecule has 1 rings (SSSR count). The fourth-order valence-electron chi connectivity index (χ4n) is 2.73. The third-order valence-corrected chi connectivity index (χ3v) is 4.17. The zero-order chi connectivity index (χ0) is 15.0. The summed E-state index contributed by atoms with van der Waals surface area (Å²) in [7, 11) is 2.22. The van der Waals surface area contributed by atoms with Gasteiger partial charge in [-0.15, -0.1) is 0 Å². The van der Waals surface area contributed by atoms with E-state index in [1.807, 2.05) is 0 Å². The monoisotopic (exact) mass is 276 g/mol. The first-order chi connectivity index (χ1) is 9.52. The second-order valence-electron chi connectivity index (χ2n) is 6.45. The average molecular weight is 276 g/mol. The fraction of sp³-hybridized carbons (Fsp3) is 0.667. The van der Waals surface area contributed by atoms with Crippen LogP contribution in [0, 0.1) is 18.8 Å². The molecule has 0 aliphatic carbocycles. The van der Waals surface area contributed by atoms with Gasteiger partial charge in [0.1, 0.15) is 0 Å². The molecular weight excluding hydrogens is 244 g/mol. The van der Waals surface area contributed by atoms with Crippen LogP contribution in [-0.4, -0.2) is 25.0 Å². The molecule has 0 spiro atoms. The number of hydrogen-bond donors (Lipinski definition) is 1. The normalized spacial score (nSPS) is 13.2. The molecular formula is C18H32N2. The number of nitrogens with zero attached hydrogens (tertiary/aromatic N) is 1. The van der Waals surface area contributed by atoms with Crippen LogP contribution < -0.4 is 5.73 Å². The van der Waals surface area contributed by atoms with Crippen LogP contribution in [0.5, 0.6) is 0 Å². The Hall–Kier alpha value is -0.860. The molecule has 0 heterocycles. The molecule has 20 heavy (non-hydrogen) atoms. The van der Waals surface area contributed by atoms with Crippen molar-refractivity contribution in [3.8, 4) is 0 Å². The van der Waals surface area contributed by atoms with Crippen molar-refractivity contribution in [2.75, 3.05) is 20.1 Å². The highest BCUT2D eigenvalue weighted by atomic mass is 15.1. The van der Waals surface area contributed by atoms with E-state index in [1.54, 1.807) is 0 Å². The van der Waals surface area contributed by atoms with Crippen LogP contribution in [0.2, 0.25) is 0 Å². The van der Waals surface area contributed by atoms with Crippen LogP contribution in [0.3, 0.4) is 0 Å². The summed E-state index contributed by atoms with van der Waals surface area (Å²) in [5, 5.41) is 0. The van der Waals surface area contributed by atoms with Gasteiger partial charge in [-0.25, -0.2) is 0 Å². The van der Waals surface area contributed by atoms with Gasteiger partial charge in [0.2, 0.25) is 0 Å². The molecule has 1 aromatic rings. The molecule has 0 aromatic heterocycles. The molecule has 0 aliphatic rings. The zero-order valence-corrected chi connectivity index (χ0v) is 13.7. The van der Waals surface area contributed by atoms with Gasteiger partial charge in [-0.1, -0.05) is 43.7 Å². The number of rotatable bonds is 9. The number of benzene rings is 1. The summed E-state index contributed by atoms with van der Waals surface area (Å²) in [6.07, 6.45) is 3.73. The summed E-state index contributed by atoms with van der Waals surface area (Å²) in [6, 6.07) is 8.85. The summed E-state index contributed by atoms with van der Waals surface area (Å²) < 4.78 is 0. The second kappa shape index (κ2) is 9.15. The summed E-state index contributed by atoms with van der Waals surface area (Å²) in [5.41, 5.74) is 8.44. The molecule has 0 aliphatic heterocycles. The first-order valence-electron chi connectivity index (χ1n) is 7.97. The van der Waals surface area contributed by atoms with E-state index in [-0.39, 0.29) is 0 Å². The number of hydrogen-bond acceptors (Lipinski definition) is 2. The maximum absolute atomic E-state index is 5.70. The Morgan fingerprint density at radius 1 is 1.10 bits per heavy atom. The molecule has 0 fully saturated rings. The van der Waals surface area contributed by atoms with E-state index in [4.69, 9.17) is 5.73 Å². The van der Waals surface area contributed by atoms with Crippen molar-refractivity contribution in [1.29, 1.82) is 0 Å². The van der Waals surface area contributed by atoms with Crippen molar-refractivity contribution in [1.82, 2.24) is 4.90 Å². The molecule has 0 amide bonds. The Morgan fingerprint density at radius 2 is 1.75 bits per heavy atom. The molecule has 1 unspecified atom stereocenters. The van der Waals surface area contributed by atoms with Gasteiger partial charge < -0.3 is 10.6 Å². The van der Waals surface area contributed by atoms with Gasteiger partial charge in [-0.3, -0.25) is 0 Å². The highest BCUT2D eigenvalue weighted by Crippen LogP contribution is 2.20. The molecule has 114 valence electrons. The Morgan fingerprint density at radius 3 is 2.30 bits per heavy atom. The maximum Gasteiger partial charge on any atom is 0.0230 e. The van der Waals surface area contributed by atoms with E-state index < -0.39 is 0 Å². The topological polar surface area (TPSA) is 29.3 Å². The van der Waals surface area contributed by atoms with Gasteiger partial charge in [0.15, 0.2) is 0 Å². The largest absolute Gasteiger partial charge is 0.330 e. The average Bonchev–Trinajstić information content (AvgIpc) is 2.40. The van der Waals surface area contributed by atoms with Crippen molar-refractivity contribution < 1.29 is 0 Å². The van der Waals surface area contributed by atoms with Crippen LogP contribution in [0.15, 0.2) is 24.3 Å². The van der Waals surface area contributed by atoms with Crippen LogP contribution in [0.25, 0.3) is 0 Å². The van der Waals surface area contributed by atoms with Gasteiger partial charge in [0.05, 0.1) is 0 Å². The maximum atomic E-state index is 5.70. The van der Waals surface area contributed by atoms with Crippen LogP contribution in [0.4, 0.5) is 0 Å². The lowest BCUT2D eigenvalue weighted by molar-refractivity contribution is 0.278.